The Bertz CT molecular complexity index is 884. The Morgan fingerprint density at radius 1 is 1.29 bits per heavy atom. The zero-order chi connectivity index (χ0) is 20.3. The van der Waals surface area contributed by atoms with Gasteiger partial charge in [0.2, 0.25) is 5.91 Å². The van der Waals surface area contributed by atoms with Crippen molar-refractivity contribution in [3.63, 3.8) is 0 Å². The predicted octanol–water partition coefficient (Wildman–Crippen LogP) is 1.84. The number of imide groups is 1. The van der Waals surface area contributed by atoms with Gasteiger partial charge < -0.3 is 9.88 Å². The topological polar surface area (TPSA) is 109 Å². The van der Waals surface area contributed by atoms with Crippen molar-refractivity contribution in [2.45, 2.75) is 43.9 Å². The molecule has 10 heteroatoms. The minimum absolute atomic E-state index is 0.00701. The first-order valence-electron chi connectivity index (χ1n) is 8.93. The molecular weight excluding hydrogens is 380 g/mol. The van der Waals surface area contributed by atoms with Gasteiger partial charge in [-0.25, -0.2) is 4.79 Å². The van der Waals surface area contributed by atoms with Crippen molar-refractivity contribution >= 4 is 29.6 Å². The fourth-order valence-electron chi connectivity index (χ4n) is 3.02. The van der Waals surface area contributed by atoms with E-state index in [0.717, 1.165) is 5.01 Å². The third kappa shape index (κ3) is 3.59. The quantitative estimate of drug-likeness (QED) is 0.540. The van der Waals surface area contributed by atoms with Crippen LogP contribution in [-0.4, -0.2) is 43.4 Å². The second-order valence-corrected chi connectivity index (χ2v) is 7.58. The van der Waals surface area contributed by atoms with Gasteiger partial charge in [0.05, 0.1) is 5.75 Å². The Kier molecular flexibility index (Phi) is 5.68. The SMILES string of the molecule is CC[C@@]1(c2ccccc2)NC(=O)N(NC(=O)CSc2nncn2C(C)C)C1=O. The molecule has 0 radical (unpaired) electrons. The normalized spacial score (nSPS) is 19.2. The number of hydrogen-bond donors (Lipinski definition) is 2. The van der Waals surface area contributed by atoms with Crippen LogP contribution in [0.4, 0.5) is 4.79 Å². The van der Waals surface area contributed by atoms with E-state index in [2.05, 4.69) is 20.9 Å². The van der Waals surface area contributed by atoms with E-state index in [1.165, 1.54) is 11.8 Å². The van der Waals surface area contributed by atoms with Crippen LogP contribution in [0, 0.1) is 0 Å². The molecule has 2 heterocycles. The van der Waals surface area contributed by atoms with Gasteiger partial charge in [-0.15, -0.1) is 10.2 Å². The third-order valence-electron chi connectivity index (χ3n) is 4.55. The zero-order valence-electron chi connectivity index (χ0n) is 15.9. The number of rotatable bonds is 7. The summed E-state index contributed by atoms with van der Waals surface area (Å²) >= 11 is 1.19. The highest BCUT2D eigenvalue weighted by molar-refractivity contribution is 7.99. The number of hydrazine groups is 1. The summed E-state index contributed by atoms with van der Waals surface area (Å²) in [7, 11) is 0. The number of aromatic nitrogens is 3. The molecule has 1 fully saturated rings. The lowest BCUT2D eigenvalue weighted by Gasteiger charge is -2.25. The molecule has 1 aliphatic heterocycles. The van der Waals surface area contributed by atoms with Crippen LogP contribution in [0.5, 0.6) is 0 Å². The summed E-state index contributed by atoms with van der Waals surface area (Å²) in [6, 6.07) is 8.50. The zero-order valence-corrected chi connectivity index (χ0v) is 16.7. The molecule has 2 aromatic rings. The molecule has 4 amide bonds. The van der Waals surface area contributed by atoms with E-state index in [-0.39, 0.29) is 11.8 Å². The number of benzene rings is 1. The molecule has 1 saturated heterocycles. The van der Waals surface area contributed by atoms with E-state index in [0.29, 0.717) is 17.1 Å². The van der Waals surface area contributed by atoms with Gasteiger partial charge in [0, 0.05) is 6.04 Å². The van der Waals surface area contributed by atoms with E-state index in [1.807, 2.05) is 31.4 Å². The van der Waals surface area contributed by atoms with Gasteiger partial charge in [-0.3, -0.25) is 15.0 Å². The number of carbonyl (C=O) groups excluding carboxylic acids is 3. The van der Waals surface area contributed by atoms with E-state index >= 15 is 0 Å². The highest BCUT2D eigenvalue weighted by Gasteiger charge is 2.52. The molecule has 1 aliphatic rings. The Labute approximate surface area is 166 Å². The van der Waals surface area contributed by atoms with Crippen molar-refractivity contribution in [2.24, 2.45) is 0 Å². The third-order valence-corrected chi connectivity index (χ3v) is 5.51. The number of thioether (sulfide) groups is 1. The van der Waals surface area contributed by atoms with E-state index in [1.54, 1.807) is 30.6 Å². The fraction of sp³-hybridized carbons (Fsp3) is 0.389. The largest absolute Gasteiger partial charge is 0.344 e. The molecule has 28 heavy (non-hydrogen) atoms. The molecule has 0 spiro atoms. The van der Waals surface area contributed by atoms with Gasteiger partial charge >= 0.3 is 6.03 Å². The van der Waals surface area contributed by atoms with E-state index < -0.39 is 23.4 Å². The molecule has 0 aliphatic carbocycles. The van der Waals surface area contributed by atoms with Gasteiger partial charge in [-0.1, -0.05) is 49.0 Å². The van der Waals surface area contributed by atoms with Gasteiger partial charge in [0.1, 0.15) is 11.9 Å². The van der Waals surface area contributed by atoms with Gasteiger partial charge in [0.15, 0.2) is 5.16 Å². The van der Waals surface area contributed by atoms with Crippen LogP contribution < -0.4 is 10.7 Å². The Morgan fingerprint density at radius 2 is 2.00 bits per heavy atom. The van der Waals surface area contributed by atoms with Crippen molar-refractivity contribution in [1.82, 2.24) is 30.5 Å². The van der Waals surface area contributed by atoms with Crippen LogP contribution in [0.2, 0.25) is 0 Å². The first-order valence-corrected chi connectivity index (χ1v) is 9.91. The first-order chi connectivity index (χ1) is 13.4. The highest BCUT2D eigenvalue weighted by atomic mass is 32.2. The number of carbonyl (C=O) groups is 3. The number of nitrogens with one attached hydrogen (secondary N) is 2. The lowest BCUT2D eigenvalue weighted by atomic mass is 9.87. The monoisotopic (exact) mass is 402 g/mol. The molecule has 1 atom stereocenters. The fourth-order valence-corrected chi connectivity index (χ4v) is 3.85. The van der Waals surface area contributed by atoms with Crippen LogP contribution in [0.15, 0.2) is 41.8 Å². The van der Waals surface area contributed by atoms with E-state index in [4.69, 9.17) is 0 Å². The summed E-state index contributed by atoms with van der Waals surface area (Å²) in [5.74, 6) is -0.992. The number of amides is 4. The minimum Gasteiger partial charge on any atom is -0.318 e. The first kappa shape index (κ1) is 19.9. The van der Waals surface area contributed by atoms with Crippen LogP contribution in [0.25, 0.3) is 0 Å². The molecule has 148 valence electrons. The van der Waals surface area contributed by atoms with Crippen LogP contribution in [-0.2, 0) is 15.1 Å². The Balaban J connectivity index is 1.69. The van der Waals surface area contributed by atoms with Crippen LogP contribution >= 0.6 is 11.8 Å². The highest BCUT2D eigenvalue weighted by Crippen LogP contribution is 2.31. The summed E-state index contributed by atoms with van der Waals surface area (Å²) < 4.78 is 1.84. The lowest BCUT2D eigenvalue weighted by molar-refractivity contribution is -0.138. The van der Waals surface area contributed by atoms with Gasteiger partial charge in [-0.2, -0.15) is 5.01 Å². The summed E-state index contributed by atoms with van der Waals surface area (Å²) in [5.41, 5.74) is 1.89. The molecule has 1 aromatic carbocycles. The maximum atomic E-state index is 13.0. The minimum atomic E-state index is -1.18. The Morgan fingerprint density at radius 3 is 2.64 bits per heavy atom. The molecule has 3 rings (SSSR count). The standard InChI is InChI=1S/C18H22N6O3S/c1-4-18(13-8-6-5-7-9-13)15(26)24(16(27)20-18)22-14(25)10-28-17-21-19-11-23(17)12(2)3/h5-9,11-12H,4,10H2,1-3H3,(H,20,27)(H,22,25)/t18-/m0/s1. The van der Waals surface area contributed by atoms with Crippen LogP contribution in [0.3, 0.4) is 0 Å². The number of hydrogen-bond acceptors (Lipinski definition) is 6. The average molecular weight is 402 g/mol. The number of urea groups is 1. The van der Waals surface area contributed by atoms with Crippen molar-refractivity contribution in [3.05, 3.63) is 42.2 Å². The molecule has 9 nitrogen and oxygen atoms in total. The lowest BCUT2D eigenvalue weighted by Crippen LogP contribution is -2.49. The number of nitrogens with zero attached hydrogens (tertiary/aromatic N) is 4. The summed E-state index contributed by atoms with van der Waals surface area (Å²) in [6.07, 6.45) is 1.96. The molecule has 0 unspecified atom stereocenters. The van der Waals surface area contributed by atoms with Crippen LogP contribution in [0.1, 0.15) is 38.8 Å². The summed E-state index contributed by atoms with van der Waals surface area (Å²) in [4.78, 5) is 37.7. The van der Waals surface area contributed by atoms with Crippen molar-refractivity contribution < 1.29 is 14.4 Å². The summed E-state index contributed by atoms with van der Waals surface area (Å²) in [6.45, 7) is 5.77. The second-order valence-electron chi connectivity index (χ2n) is 6.63. The molecule has 1 aromatic heterocycles. The average Bonchev–Trinajstić information content (AvgIpc) is 3.26. The maximum absolute atomic E-state index is 13.0. The molecular formula is C18H22N6O3S. The van der Waals surface area contributed by atoms with E-state index in [9.17, 15) is 14.4 Å². The molecule has 0 saturated carbocycles. The summed E-state index contributed by atoms with van der Waals surface area (Å²) in [5, 5.41) is 11.9. The van der Waals surface area contributed by atoms with Gasteiger partial charge in [0.25, 0.3) is 5.91 Å². The second kappa shape index (κ2) is 8.01. The maximum Gasteiger partial charge on any atom is 0.344 e. The predicted molar refractivity (Wildman–Crippen MR) is 103 cm³/mol. The smallest absolute Gasteiger partial charge is 0.318 e. The van der Waals surface area contributed by atoms with Crippen molar-refractivity contribution in [1.29, 1.82) is 0 Å². The molecule has 2 N–H and O–H groups in total. The van der Waals surface area contributed by atoms with Crippen molar-refractivity contribution in [3.8, 4) is 0 Å². The molecule has 0 bridgehead atoms. The van der Waals surface area contributed by atoms with Crippen molar-refractivity contribution in [2.75, 3.05) is 5.75 Å². The van der Waals surface area contributed by atoms with Gasteiger partial charge in [-0.05, 0) is 25.8 Å². The Hall–Kier alpha value is -2.88.